The van der Waals surface area contributed by atoms with E-state index >= 15 is 0 Å². The zero-order valence-corrected chi connectivity index (χ0v) is 13.9. The first-order valence-electron chi connectivity index (χ1n) is 7.11. The van der Waals surface area contributed by atoms with Crippen LogP contribution < -0.4 is 10.2 Å². The molecule has 0 radical (unpaired) electrons. The fourth-order valence-corrected chi connectivity index (χ4v) is 2.98. The second-order valence-electron chi connectivity index (χ2n) is 5.41. The highest BCUT2D eigenvalue weighted by atomic mass is 35.5. The molecule has 1 fully saturated rings. The van der Waals surface area contributed by atoms with Gasteiger partial charge in [-0.2, -0.15) is 0 Å². The number of halogens is 2. The molecular weight excluding hydrogens is 335 g/mol. The van der Waals surface area contributed by atoms with Crippen LogP contribution in [-0.2, 0) is 9.59 Å². The molecule has 0 saturated carbocycles. The van der Waals surface area contributed by atoms with Crippen molar-refractivity contribution in [3.63, 3.8) is 0 Å². The molecule has 1 aliphatic rings. The fraction of sp³-hybridized carbons (Fsp3) is 0.176. The molecular formula is C17H14Cl2N2O2. The molecule has 1 unspecified atom stereocenters. The van der Waals surface area contributed by atoms with Gasteiger partial charge < -0.3 is 5.32 Å². The number of nitrogens with zero attached hydrogens (tertiary/aromatic N) is 1. The van der Waals surface area contributed by atoms with E-state index in [2.05, 4.69) is 5.32 Å². The Morgan fingerprint density at radius 3 is 2.61 bits per heavy atom. The lowest BCUT2D eigenvalue weighted by Gasteiger charge is -2.18. The second-order valence-corrected chi connectivity index (χ2v) is 6.20. The molecule has 23 heavy (non-hydrogen) atoms. The first-order valence-corrected chi connectivity index (χ1v) is 7.87. The number of hydrogen-bond donors (Lipinski definition) is 1. The Kier molecular flexibility index (Phi) is 4.28. The third-order valence-corrected chi connectivity index (χ3v) is 4.49. The van der Waals surface area contributed by atoms with E-state index < -0.39 is 6.04 Å². The van der Waals surface area contributed by atoms with E-state index in [-0.39, 0.29) is 23.3 Å². The maximum Gasteiger partial charge on any atom is 0.256 e. The smallest absolute Gasteiger partial charge is 0.256 e. The number of nitrogens with one attached hydrogen (secondary N) is 1. The summed E-state index contributed by atoms with van der Waals surface area (Å²) in [5.41, 5.74) is 2.19. The molecule has 2 amide bonds. The number of imide groups is 1. The topological polar surface area (TPSA) is 49.4 Å². The maximum atomic E-state index is 12.6. The van der Waals surface area contributed by atoms with E-state index in [1.807, 2.05) is 31.2 Å². The highest BCUT2D eigenvalue weighted by molar-refractivity contribution is 6.45. The molecule has 3 rings (SSSR count). The van der Waals surface area contributed by atoms with Gasteiger partial charge in [0.05, 0.1) is 22.2 Å². The molecule has 1 atom stereocenters. The van der Waals surface area contributed by atoms with Gasteiger partial charge in [-0.15, -0.1) is 0 Å². The lowest BCUT2D eigenvalue weighted by atomic mass is 10.2. The van der Waals surface area contributed by atoms with Crippen molar-refractivity contribution in [2.24, 2.45) is 0 Å². The van der Waals surface area contributed by atoms with Crippen LogP contribution in [0.15, 0.2) is 42.5 Å². The van der Waals surface area contributed by atoms with E-state index in [1.165, 1.54) is 0 Å². The molecule has 118 valence electrons. The average Bonchev–Trinajstić information content (AvgIpc) is 2.77. The van der Waals surface area contributed by atoms with Crippen molar-refractivity contribution < 1.29 is 9.59 Å². The van der Waals surface area contributed by atoms with E-state index in [4.69, 9.17) is 23.2 Å². The van der Waals surface area contributed by atoms with Crippen molar-refractivity contribution >= 4 is 46.4 Å². The molecule has 6 heteroatoms. The maximum absolute atomic E-state index is 12.6. The van der Waals surface area contributed by atoms with Crippen LogP contribution in [0.3, 0.4) is 0 Å². The van der Waals surface area contributed by atoms with Gasteiger partial charge in [0.25, 0.3) is 5.91 Å². The minimum atomic E-state index is -0.612. The molecule has 1 aliphatic heterocycles. The van der Waals surface area contributed by atoms with Crippen LogP contribution in [0, 0.1) is 6.92 Å². The second kappa shape index (κ2) is 6.22. The van der Waals surface area contributed by atoms with E-state index in [9.17, 15) is 9.59 Å². The van der Waals surface area contributed by atoms with Crippen LogP contribution in [0.1, 0.15) is 12.0 Å². The quantitative estimate of drug-likeness (QED) is 0.851. The fourth-order valence-electron chi connectivity index (χ4n) is 2.60. The third-order valence-electron chi connectivity index (χ3n) is 3.68. The SMILES string of the molecule is Cc1cccc(NC2CC(=O)N(c3cccc(Cl)c3Cl)C2=O)c1. The van der Waals surface area contributed by atoms with Gasteiger partial charge >= 0.3 is 0 Å². The Bertz CT molecular complexity index is 792. The largest absolute Gasteiger partial charge is 0.373 e. The highest BCUT2D eigenvalue weighted by Crippen LogP contribution is 2.35. The summed E-state index contributed by atoms with van der Waals surface area (Å²) >= 11 is 12.1. The number of rotatable bonds is 3. The molecule has 0 aromatic heterocycles. The van der Waals surface area contributed by atoms with Crippen molar-refractivity contribution in [1.29, 1.82) is 0 Å². The van der Waals surface area contributed by atoms with Crippen LogP contribution in [0.4, 0.5) is 11.4 Å². The minimum absolute atomic E-state index is 0.0790. The highest BCUT2D eigenvalue weighted by Gasteiger charge is 2.40. The molecule has 1 heterocycles. The van der Waals surface area contributed by atoms with Crippen LogP contribution in [0.5, 0.6) is 0 Å². The summed E-state index contributed by atoms with van der Waals surface area (Å²) < 4.78 is 0. The van der Waals surface area contributed by atoms with Crippen molar-refractivity contribution in [3.8, 4) is 0 Å². The van der Waals surface area contributed by atoms with Gasteiger partial charge in [-0.3, -0.25) is 9.59 Å². The lowest BCUT2D eigenvalue weighted by molar-refractivity contribution is -0.121. The summed E-state index contributed by atoms with van der Waals surface area (Å²) in [5, 5.41) is 3.61. The number of hydrogen-bond acceptors (Lipinski definition) is 3. The molecule has 0 bridgehead atoms. The van der Waals surface area contributed by atoms with Crippen molar-refractivity contribution in [1.82, 2.24) is 0 Å². The van der Waals surface area contributed by atoms with Crippen molar-refractivity contribution in [2.75, 3.05) is 10.2 Å². The summed E-state index contributed by atoms with van der Waals surface area (Å²) in [6, 6.07) is 11.9. The van der Waals surface area contributed by atoms with Crippen LogP contribution in [0.2, 0.25) is 10.0 Å². The van der Waals surface area contributed by atoms with Gasteiger partial charge in [-0.1, -0.05) is 41.4 Å². The van der Waals surface area contributed by atoms with E-state index in [0.29, 0.717) is 10.7 Å². The predicted molar refractivity (Wildman–Crippen MR) is 92.2 cm³/mol. The Labute approximate surface area is 144 Å². The molecule has 2 aromatic carbocycles. The first kappa shape index (κ1) is 15.8. The normalized spacial score (nSPS) is 17.7. The Balaban J connectivity index is 1.87. The van der Waals surface area contributed by atoms with E-state index in [0.717, 1.165) is 16.2 Å². The number of carbonyl (C=O) groups is 2. The number of carbonyl (C=O) groups excluding carboxylic acids is 2. The minimum Gasteiger partial charge on any atom is -0.373 e. The average molecular weight is 349 g/mol. The summed E-state index contributed by atoms with van der Waals surface area (Å²) in [7, 11) is 0. The zero-order valence-electron chi connectivity index (χ0n) is 12.3. The van der Waals surface area contributed by atoms with E-state index in [1.54, 1.807) is 18.2 Å². The van der Waals surface area contributed by atoms with Gasteiger partial charge in [-0.05, 0) is 36.8 Å². The predicted octanol–water partition coefficient (Wildman–Crippen LogP) is 4.05. The van der Waals surface area contributed by atoms with Crippen LogP contribution >= 0.6 is 23.2 Å². The van der Waals surface area contributed by atoms with Crippen LogP contribution in [-0.4, -0.2) is 17.9 Å². The molecule has 1 saturated heterocycles. The lowest BCUT2D eigenvalue weighted by Crippen LogP contribution is -2.35. The van der Waals surface area contributed by atoms with Crippen molar-refractivity contribution in [2.45, 2.75) is 19.4 Å². The number of amides is 2. The van der Waals surface area contributed by atoms with Gasteiger partial charge in [0.15, 0.2) is 0 Å². The Hall–Kier alpha value is -2.04. The third kappa shape index (κ3) is 3.05. The van der Waals surface area contributed by atoms with Gasteiger partial charge in [0.1, 0.15) is 6.04 Å². The van der Waals surface area contributed by atoms with Gasteiger partial charge in [0.2, 0.25) is 5.91 Å². The van der Waals surface area contributed by atoms with Gasteiger partial charge in [-0.25, -0.2) is 4.90 Å². The molecule has 1 N–H and O–H groups in total. The van der Waals surface area contributed by atoms with Crippen molar-refractivity contribution in [3.05, 3.63) is 58.1 Å². The molecule has 4 nitrogen and oxygen atoms in total. The number of benzene rings is 2. The summed E-state index contributed by atoms with van der Waals surface area (Å²) in [4.78, 5) is 26.0. The molecule has 0 aliphatic carbocycles. The zero-order chi connectivity index (χ0) is 16.6. The van der Waals surface area contributed by atoms with Crippen LogP contribution in [0.25, 0.3) is 0 Å². The Morgan fingerprint density at radius 1 is 1.13 bits per heavy atom. The summed E-state index contributed by atoms with van der Waals surface area (Å²) in [5.74, 6) is -0.634. The first-order chi connectivity index (χ1) is 11.0. The summed E-state index contributed by atoms with van der Waals surface area (Å²) in [6.45, 7) is 1.96. The standard InChI is InChI=1S/C17H14Cl2N2O2/c1-10-4-2-5-11(8-10)20-13-9-15(22)21(17(13)23)14-7-3-6-12(18)16(14)19/h2-8,13,20H,9H2,1H3. The molecule has 2 aromatic rings. The Morgan fingerprint density at radius 2 is 1.87 bits per heavy atom. The van der Waals surface area contributed by atoms with Gasteiger partial charge in [0, 0.05) is 5.69 Å². The monoisotopic (exact) mass is 348 g/mol. The summed E-state index contributed by atoms with van der Waals surface area (Å²) in [6.07, 6.45) is 0.0790. The number of anilines is 2. The molecule has 0 spiro atoms. The number of aryl methyl sites for hydroxylation is 1.